The van der Waals surface area contributed by atoms with Crippen LogP contribution in [0.4, 0.5) is 5.69 Å². The summed E-state index contributed by atoms with van der Waals surface area (Å²) in [6.45, 7) is 0. The fourth-order valence-electron chi connectivity index (χ4n) is 2.45. The second-order valence-corrected chi connectivity index (χ2v) is 6.24. The summed E-state index contributed by atoms with van der Waals surface area (Å²) in [5, 5.41) is 2.59. The minimum absolute atomic E-state index is 0.210. The molecule has 0 bridgehead atoms. The fourth-order valence-corrected chi connectivity index (χ4v) is 2.58. The molecule has 4 nitrogen and oxygen atoms in total. The van der Waals surface area contributed by atoms with Crippen molar-refractivity contribution in [1.82, 2.24) is 0 Å². The lowest BCUT2D eigenvalue weighted by Crippen LogP contribution is -2.25. The van der Waals surface area contributed by atoms with Gasteiger partial charge in [-0.1, -0.05) is 36.4 Å². The number of hydrogen-bond donors (Lipinski definition) is 3. The molecule has 1 N–H and O–H groups in total. The van der Waals surface area contributed by atoms with E-state index in [1.807, 2.05) is 0 Å². The predicted molar refractivity (Wildman–Crippen MR) is 90.1 cm³/mol. The topological polar surface area (TPSA) is 63.2 Å². The Balaban J connectivity index is 2.15. The van der Waals surface area contributed by atoms with Crippen molar-refractivity contribution < 1.29 is 14.4 Å². The molecule has 1 amide bonds. The van der Waals surface area contributed by atoms with Gasteiger partial charge in [-0.15, -0.1) is 0 Å². The summed E-state index contributed by atoms with van der Waals surface area (Å²) in [4.78, 5) is 37.0. The highest BCUT2D eigenvalue weighted by Gasteiger charge is 2.31. The summed E-state index contributed by atoms with van der Waals surface area (Å²) in [5.41, 5.74) is 1.52. The molecule has 0 radical (unpaired) electrons. The van der Waals surface area contributed by atoms with Crippen molar-refractivity contribution in [3.05, 3.63) is 64.7 Å². The van der Waals surface area contributed by atoms with E-state index in [9.17, 15) is 14.4 Å². The number of fused-ring (bicyclic) bond motifs is 2. The number of hydrogen-bond acceptors (Lipinski definition) is 5. The highest BCUT2D eigenvalue weighted by atomic mass is 32.2. The molecule has 6 heteroatoms. The number of thiol groups is 2. The zero-order chi connectivity index (χ0) is 15.9. The van der Waals surface area contributed by atoms with Crippen LogP contribution in [0.25, 0.3) is 0 Å². The molecule has 22 heavy (non-hydrogen) atoms. The first-order valence-corrected chi connectivity index (χ1v) is 7.52. The Morgan fingerprint density at radius 2 is 1.45 bits per heavy atom. The fraction of sp³-hybridized carbons (Fsp3) is 0.0625. The van der Waals surface area contributed by atoms with Crippen LogP contribution in [0.3, 0.4) is 0 Å². The van der Waals surface area contributed by atoms with Crippen LogP contribution in [0.1, 0.15) is 31.8 Å². The highest BCUT2D eigenvalue weighted by Crippen LogP contribution is 2.32. The third kappa shape index (κ3) is 2.34. The molecule has 0 saturated heterocycles. The maximum Gasteiger partial charge on any atom is 0.247 e. The predicted octanol–water partition coefficient (Wildman–Crippen LogP) is 2.59. The van der Waals surface area contributed by atoms with Crippen molar-refractivity contribution in [3.8, 4) is 0 Å². The van der Waals surface area contributed by atoms with Crippen LogP contribution in [-0.4, -0.2) is 22.1 Å². The Kier molecular flexibility index (Phi) is 3.80. The molecule has 0 aromatic heterocycles. The molecule has 0 fully saturated rings. The molecule has 0 atom stereocenters. The van der Waals surface area contributed by atoms with Crippen LogP contribution in [0.15, 0.2) is 42.5 Å². The van der Waals surface area contributed by atoms with Gasteiger partial charge in [-0.2, -0.15) is 25.3 Å². The first-order valence-electron chi connectivity index (χ1n) is 6.49. The van der Waals surface area contributed by atoms with Crippen LogP contribution >= 0.6 is 25.3 Å². The summed E-state index contributed by atoms with van der Waals surface area (Å²) in [6, 6.07) is 11.4. The third-order valence-electron chi connectivity index (χ3n) is 3.44. The molecular formula is C16H11NO3S2. The number of carbonyl (C=O) groups excluding carboxylic acids is 3. The van der Waals surface area contributed by atoms with Crippen LogP contribution < -0.4 is 5.32 Å². The van der Waals surface area contributed by atoms with Gasteiger partial charge in [-0.3, -0.25) is 14.4 Å². The molecule has 1 aliphatic carbocycles. The van der Waals surface area contributed by atoms with Crippen LogP contribution in [-0.2, 0) is 4.79 Å². The van der Waals surface area contributed by atoms with Crippen molar-refractivity contribution in [2.24, 2.45) is 0 Å². The van der Waals surface area contributed by atoms with E-state index in [-0.39, 0.29) is 22.7 Å². The first kappa shape index (κ1) is 14.9. The van der Waals surface area contributed by atoms with Gasteiger partial charge in [0.15, 0.2) is 11.6 Å². The van der Waals surface area contributed by atoms with Gasteiger partial charge in [0.1, 0.15) is 4.58 Å². The average molecular weight is 329 g/mol. The Hall–Kier alpha value is -2.05. The van der Waals surface area contributed by atoms with Crippen LogP contribution in [0.2, 0.25) is 0 Å². The smallest absolute Gasteiger partial charge is 0.247 e. The van der Waals surface area contributed by atoms with Crippen molar-refractivity contribution in [2.75, 3.05) is 5.32 Å². The van der Waals surface area contributed by atoms with E-state index in [0.717, 1.165) is 0 Å². The van der Waals surface area contributed by atoms with Gasteiger partial charge in [0.25, 0.3) is 0 Å². The van der Waals surface area contributed by atoms with Crippen molar-refractivity contribution >= 4 is 48.4 Å². The summed E-state index contributed by atoms with van der Waals surface area (Å²) in [5.74, 6) is -0.968. The third-order valence-corrected chi connectivity index (χ3v) is 3.91. The van der Waals surface area contributed by atoms with E-state index < -0.39 is 10.5 Å². The maximum atomic E-state index is 12.7. The van der Waals surface area contributed by atoms with E-state index in [1.54, 1.807) is 42.5 Å². The molecule has 0 aliphatic heterocycles. The zero-order valence-electron chi connectivity index (χ0n) is 11.2. The van der Waals surface area contributed by atoms with E-state index in [1.165, 1.54) is 0 Å². The number of amides is 1. The summed E-state index contributed by atoms with van der Waals surface area (Å²) in [6.07, 6.45) is 0. The molecule has 0 unspecified atom stereocenters. The maximum absolute atomic E-state index is 12.7. The lowest BCUT2D eigenvalue weighted by Gasteiger charge is -2.20. The molecule has 0 heterocycles. The molecule has 110 valence electrons. The highest BCUT2D eigenvalue weighted by molar-refractivity contribution is 8.00. The minimum atomic E-state index is -0.822. The molecule has 3 rings (SSSR count). The van der Waals surface area contributed by atoms with Gasteiger partial charge in [-0.25, -0.2) is 0 Å². The SMILES string of the molecule is O=C1c2ccccc2C(=O)c2c(NC(=O)C(S)S)cccc21. The number of rotatable bonds is 2. The van der Waals surface area contributed by atoms with E-state index in [4.69, 9.17) is 0 Å². The number of carbonyl (C=O) groups is 3. The summed E-state index contributed by atoms with van der Waals surface area (Å²) < 4.78 is -0.822. The van der Waals surface area contributed by atoms with Crippen molar-refractivity contribution in [2.45, 2.75) is 4.58 Å². The normalized spacial score (nSPS) is 12.9. The molecule has 0 spiro atoms. The van der Waals surface area contributed by atoms with E-state index in [2.05, 4.69) is 30.6 Å². The van der Waals surface area contributed by atoms with Gasteiger partial charge < -0.3 is 5.32 Å². The van der Waals surface area contributed by atoms with Gasteiger partial charge in [0.2, 0.25) is 5.91 Å². The zero-order valence-corrected chi connectivity index (χ0v) is 13.0. The van der Waals surface area contributed by atoms with Crippen LogP contribution in [0.5, 0.6) is 0 Å². The Morgan fingerprint density at radius 1 is 0.864 bits per heavy atom. The molecular weight excluding hydrogens is 318 g/mol. The number of nitrogens with one attached hydrogen (secondary N) is 1. The number of anilines is 1. The quantitative estimate of drug-likeness (QED) is 0.500. The van der Waals surface area contributed by atoms with Crippen LogP contribution in [0, 0.1) is 0 Å². The second kappa shape index (κ2) is 5.62. The largest absolute Gasteiger partial charge is 0.324 e. The molecule has 0 saturated carbocycles. The average Bonchev–Trinajstić information content (AvgIpc) is 2.52. The number of benzene rings is 2. The Morgan fingerprint density at radius 3 is 2.09 bits per heavy atom. The van der Waals surface area contributed by atoms with Gasteiger partial charge in [0, 0.05) is 16.7 Å². The van der Waals surface area contributed by atoms with Gasteiger partial charge in [-0.05, 0) is 6.07 Å². The Bertz CT molecular complexity index is 815. The second-order valence-electron chi connectivity index (χ2n) is 4.79. The Labute approximate surface area is 137 Å². The molecule has 2 aromatic carbocycles. The van der Waals surface area contributed by atoms with Crippen molar-refractivity contribution in [3.63, 3.8) is 0 Å². The molecule has 2 aromatic rings. The van der Waals surface area contributed by atoms with E-state index >= 15 is 0 Å². The van der Waals surface area contributed by atoms with Crippen molar-refractivity contribution in [1.29, 1.82) is 0 Å². The van der Waals surface area contributed by atoms with E-state index in [0.29, 0.717) is 16.8 Å². The number of ketones is 2. The van der Waals surface area contributed by atoms with Gasteiger partial charge >= 0.3 is 0 Å². The standard InChI is InChI=1S/C16H11NO3S2/c18-13-8-4-1-2-5-9(8)14(19)12-10(13)6-3-7-11(12)17-15(20)16(21)22/h1-7,16,21-22H,(H,17,20). The monoisotopic (exact) mass is 329 g/mol. The lowest BCUT2D eigenvalue weighted by atomic mass is 9.83. The van der Waals surface area contributed by atoms with Gasteiger partial charge in [0.05, 0.1) is 11.3 Å². The summed E-state index contributed by atoms with van der Waals surface area (Å²) in [7, 11) is 0. The lowest BCUT2D eigenvalue weighted by molar-refractivity contribution is -0.114. The first-order chi connectivity index (χ1) is 10.5. The molecule has 1 aliphatic rings. The minimum Gasteiger partial charge on any atom is -0.324 e. The summed E-state index contributed by atoms with van der Waals surface area (Å²) >= 11 is 7.87.